The topological polar surface area (TPSA) is 92.5 Å². The summed E-state index contributed by atoms with van der Waals surface area (Å²) in [5, 5.41) is 10.9. The number of nitrogens with zero attached hydrogens (tertiary/aromatic N) is 2. The number of ether oxygens (including phenoxy) is 2. The van der Waals surface area contributed by atoms with E-state index >= 15 is 0 Å². The molecule has 1 unspecified atom stereocenters. The first-order valence-corrected chi connectivity index (χ1v) is 12.4. The zero-order valence-electron chi connectivity index (χ0n) is 20.7. The third kappa shape index (κ3) is 5.22. The van der Waals surface area contributed by atoms with Crippen molar-refractivity contribution >= 4 is 11.7 Å². The molecule has 3 heterocycles. The lowest BCUT2D eigenvalue weighted by Gasteiger charge is -2.32. The monoisotopic (exact) mass is 482 g/mol. The predicted octanol–water partition coefficient (Wildman–Crippen LogP) is 4.45. The van der Waals surface area contributed by atoms with Crippen LogP contribution in [0.25, 0.3) is 0 Å². The molecule has 1 N–H and O–H groups in total. The number of aliphatic hydroxyl groups is 1. The molecule has 1 fully saturated rings. The summed E-state index contributed by atoms with van der Waals surface area (Å²) in [6.45, 7) is 9.47. The molecule has 1 saturated heterocycles. The number of carbonyl (C=O) groups excluding carboxylic acids is 2. The lowest BCUT2D eigenvalue weighted by Crippen LogP contribution is -2.40. The normalized spacial score (nSPS) is 18.9. The highest BCUT2D eigenvalue weighted by molar-refractivity contribution is 6.15. The van der Waals surface area contributed by atoms with Crippen molar-refractivity contribution in [3.8, 4) is 11.5 Å². The average Bonchev–Trinajstić information content (AvgIpc) is 3.40. The molecule has 1 amide bonds. The first-order chi connectivity index (χ1) is 16.9. The third-order valence-corrected chi connectivity index (χ3v) is 6.50. The van der Waals surface area contributed by atoms with E-state index in [0.29, 0.717) is 49.1 Å². The van der Waals surface area contributed by atoms with Crippen LogP contribution in [0.1, 0.15) is 61.0 Å². The van der Waals surface area contributed by atoms with Gasteiger partial charge in [-0.2, -0.15) is 0 Å². The first-order valence-electron chi connectivity index (χ1n) is 12.4. The Bertz CT molecular complexity index is 1100. The number of ketones is 1. The van der Waals surface area contributed by atoms with Crippen molar-refractivity contribution in [1.29, 1.82) is 0 Å². The Morgan fingerprint density at radius 1 is 1.03 bits per heavy atom. The number of amides is 1. The van der Waals surface area contributed by atoms with E-state index in [1.807, 2.05) is 19.9 Å². The van der Waals surface area contributed by atoms with Crippen LogP contribution in [0.2, 0.25) is 0 Å². The van der Waals surface area contributed by atoms with Crippen LogP contribution in [-0.4, -0.2) is 66.0 Å². The van der Waals surface area contributed by atoms with Crippen LogP contribution in [-0.2, 0) is 4.79 Å². The Balaban J connectivity index is 1.72. The van der Waals surface area contributed by atoms with Gasteiger partial charge >= 0.3 is 0 Å². The largest absolute Gasteiger partial charge is 0.503 e. The van der Waals surface area contributed by atoms with Gasteiger partial charge in [0.15, 0.2) is 23.0 Å². The van der Waals surface area contributed by atoms with E-state index in [0.717, 1.165) is 25.9 Å². The maximum absolute atomic E-state index is 13.5. The Hall–Kier alpha value is -3.26. The fourth-order valence-electron chi connectivity index (χ4n) is 4.82. The van der Waals surface area contributed by atoms with Gasteiger partial charge in [-0.25, -0.2) is 0 Å². The molecule has 0 radical (unpaired) electrons. The Morgan fingerprint density at radius 3 is 2.40 bits per heavy atom. The number of hydrogen-bond donors (Lipinski definition) is 1. The van der Waals surface area contributed by atoms with E-state index in [9.17, 15) is 14.7 Å². The number of hydrogen-bond acceptors (Lipinski definition) is 7. The van der Waals surface area contributed by atoms with E-state index in [1.54, 1.807) is 36.1 Å². The van der Waals surface area contributed by atoms with Crippen molar-refractivity contribution in [2.75, 3.05) is 39.4 Å². The molecule has 0 spiro atoms. The van der Waals surface area contributed by atoms with Crippen LogP contribution in [0, 0.1) is 6.92 Å². The number of furan rings is 1. The number of likely N-dealkylation sites (tertiary alicyclic amines) is 1. The summed E-state index contributed by atoms with van der Waals surface area (Å²) in [4.78, 5) is 30.6. The van der Waals surface area contributed by atoms with Crippen molar-refractivity contribution in [3.05, 3.63) is 58.7 Å². The van der Waals surface area contributed by atoms with Gasteiger partial charge in [-0.3, -0.25) is 9.59 Å². The Labute approximate surface area is 206 Å². The van der Waals surface area contributed by atoms with E-state index in [2.05, 4.69) is 4.90 Å². The van der Waals surface area contributed by atoms with Gasteiger partial charge in [0.05, 0.1) is 24.8 Å². The van der Waals surface area contributed by atoms with Crippen LogP contribution in [0.4, 0.5) is 0 Å². The fourth-order valence-corrected chi connectivity index (χ4v) is 4.82. The SMILES string of the molecule is CCOc1ccc(C2C(C(=O)c3ccc(C)o3)=C(O)C(=O)N2CCN2CCCCC2)cc1OCC. The van der Waals surface area contributed by atoms with Crippen molar-refractivity contribution in [2.45, 2.75) is 46.1 Å². The minimum Gasteiger partial charge on any atom is -0.503 e. The molecule has 8 nitrogen and oxygen atoms in total. The molecule has 1 atom stereocenters. The van der Waals surface area contributed by atoms with Gasteiger partial charge in [0, 0.05) is 13.1 Å². The van der Waals surface area contributed by atoms with Gasteiger partial charge < -0.3 is 28.8 Å². The van der Waals surface area contributed by atoms with Gasteiger partial charge in [-0.1, -0.05) is 12.5 Å². The maximum atomic E-state index is 13.5. The standard InChI is InChI=1S/C27H34N2O6/c1-4-33-20-12-10-19(17-22(20)34-5-2)24-23(25(30)21-11-9-18(3)35-21)26(31)27(32)29(24)16-15-28-13-7-6-8-14-28/h9-12,17,24,31H,4-8,13-16H2,1-3H3. The van der Waals surface area contributed by atoms with Crippen molar-refractivity contribution in [1.82, 2.24) is 9.80 Å². The van der Waals surface area contributed by atoms with Gasteiger partial charge in [0.25, 0.3) is 5.91 Å². The van der Waals surface area contributed by atoms with Gasteiger partial charge in [0.2, 0.25) is 5.78 Å². The predicted molar refractivity (Wildman–Crippen MR) is 131 cm³/mol. The number of aryl methyl sites for hydroxylation is 1. The van der Waals surface area contributed by atoms with E-state index in [4.69, 9.17) is 13.9 Å². The second-order valence-corrected chi connectivity index (χ2v) is 8.88. The number of piperidine rings is 1. The lowest BCUT2D eigenvalue weighted by atomic mass is 9.94. The molecule has 2 aliphatic heterocycles. The number of Topliss-reactive ketones (excluding diaryl/α,β-unsaturated/α-hetero) is 1. The van der Waals surface area contributed by atoms with Crippen LogP contribution >= 0.6 is 0 Å². The molecule has 0 bridgehead atoms. The molecule has 0 saturated carbocycles. The molecular formula is C27H34N2O6. The molecule has 8 heteroatoms. The third-order valence-electron chi connectivity index (χ3n) is 6.50. The highest BCUT2D eigenvalue weighted by Gasteiger charge is 2.44. The molecule has 2 aromatic rings. The summed E-state index contributed by atoms with van der Waals surface area (Å²) < 4.78 is 17.0. The smallest absolute Gasteiger partial charge is 0.290 e. The minimum absolute atomic E-state index is 0.0228. The molecule has 4 rings (SSSR count). The van der Waals surface area contributed by atoms with Crippen LogP contribution in [0.3, 0.4) is 0 Å². The zero-order chi connectivity index (χ0) is 24.9. The molecule has 2 aliphatic rings. The molecule has 1 aromatic heterocycles. The van der Waals surface area contributed by atoms with Gasteiger partial charge in [0.1, 0.15) is 5.76 Å². The fraction of sp³-hybridized carbons (Fsp3) is 0.481. The maximum Gasteiger partial charge on any atom is 0.290 e. The summed E-state index contributed by atoms with van der Waals surface area (Å²) in [6.07, 6.45) is 3.50. The molecule has 35 heavy (non-hydrogen) atoms. The summed E-state index contributed by atoms with van der Waals surface area (Å²) in [7, 11) is 0. The van der Waals surface area contributed by atoms with Crippen LogP contribution in [0.5, 0.6) is 11.5 Å². The lowest BCUT2D eigenvalue weighted by molar-refractivity contribution is -0.129. The van der Waals surface area contributed by atoms with Crippen LogP contribution < -0.4 is 9.47 Å². The van der Waals surface area contributed by atoms with E-state index < -0.39 is 23.5 Å². The summed E-state index contributed by atoms with van der Waals surface area (Å²) in [5.41, 5.74) is 0.689. The second kappa shape index (κ2) is 11.0. The molecule has 188 valence electrons. The van der Waals surface area contributed by atoms with Gasteiger partial charge in [-0.05, 0) is 76.5 Å². The summed E-state index contributed by atoms with van der Waals surface area (Å²) in [5.74, 6) is 0.213. The van der Waals surface area contributed by atoms with Crippen LogP contribution in [0.15, 0.2) is 46.1 Å². The Morgan fingerprint density at radius 2 is 1.74 bits per heavy atom. The molecule has 1 aromatic carbocycles. The molecule has 0 aliphatic carbocycles. The highest BCUT2D eigenvalue weighted by Crippen LogP contribution is 2.42. The average molecular weight is 483 g/mol. The zero-order valence-corrected chi connectivity index (χ0v) is 20.7. The number of aliphatic hydroxyl groups excluding tert-OH is 1. The number of rotatable bonds is 10. The first kappa shape index (κ1) is 24.9. The van der Waals surface area contributed by atoms with Crippen molar-refractivity contribution in [3.63, 3.8) is 0 Å². The van der Waals surface area contributed by atoms with E-state index in [1.165, 1.54) is 6.42 Å². The highest BCUT2D eigenvalue weighted by atomic mass is 16.5. The number of benzene rings is 1. The van der Waals surface area contributed by atoms with Crippen molar-refractivity contribution in [2.24, 2.45) is 0 Å². The summed E-state index contributed by atoms with van der Waals surface area (Å²) >= 11 is 0. The Kier molecular flexibility index (Phi) is 7.80. The second-order valence-electron chi connectivity index (χ2n) is 8.88. The van der Waals surface area contributed by atoms with Gasteiger partial charge in [-0.15, -0.1) is 0 Å². The minimum atomic E-state index is -0.764. The van der Waals surface area contributed by atoms with E-state index in [-0.39, 0.29) is 11.3 Å². The number of carbonyl (C=O) groups is 2. The summed E-state index contributed by atoms with van der Waals surface area (Å²) in [6, 6.07) is 7.89. The molecular weight excluding hydrogens is 448 g/mol. The van der Waals surface area contributed by atoms with Crippen molar-refractivity contribution < 1.29 is 28.6 Å². The quantitative estimate of drug-likeness (QED) is 0.500.